The zero-order valence-electron chi connectivity index (χ0n) is 14.7. The van der Waals surface area contributed by atoms with Crippen LogP contribution < -0.4 is 5.32 Å². The van der Waals surface area contributed by atoms with Gasteiger partial charge in [-0.1, -0.05) is 18.2 Å². The van der Waals surface area contributed by atoms with Crippen LogP contribution in [0.4, 0.5) is 18.9 Å². The molecule has 0 fully saturated rings. The summed E-state index contributed by atoms with van der Waals surface area (Å²) in [6, 6.07) is 12.5. The minimum Gasteiger partial charge on any atom is -0.464 e. The Morgan fingerprint density at radius 1 is 1.14 bits per heavy atom. The van der Waals surface area contributed by atoms with Crippen LogP contribution >= 0.6 is 0 Å². The Labute approximate surface area is 158 Å². The molecule has 1 amide bonds. The van der Waals surface area contributed by atoms with Gasteiger partial charge in [-0.25, -0.2) is 0 Å². The van der Waals surface area contributed by atoms with Crippen molar-refractivity contribution in [3.8, 4) is 0 Å². The highest BCUT2D eigenvalue weighted by Crippen LogP contribution is 2.44. The summed E-state index contributed by atoms with van der Waals surface area (Å²) in [5, 5.41) is 12.4. The zero-order chi connectivity index (χ0) is 19.9. The number of nitrogens with zero attached hydrogens (tertiary/aromatic N) is 1. The molecule has 146 valence electrons. The largest absolute Gasteiger partial charge is 0.464 e. The third kappa shape index (κ3) is 2.72. The molecule has 2 heterocycles. The van der Waals surface area contributed by atoms with Gasteiger partial charge in [-0.15, -0.1) is 0 Å². The summed E-state index contributed by atoms with van der Waals surface area (Å²) in [5.74, 6) is -0.792. The number of hydrogen-bond donors (Lipinski definition) is 2. The molecule has 0 saturated heterocycles. The fourth-order valence-electron chi connectivity index (χ4n) is 3.75. The normalized spacial score (nSPS) is 19.7. The quantitative estimate of drug-likeness (QED) is 0.711. The van der Waals surface area contributed by atoms with Crippen LogP contribution in [-0.2, 0) is 6.42 Å². The second-order valence-electron chi connectivity index (χ2n) is 6.63. The SMILES string of the molecule is O=C1c2ccc3occc3c2CC(Nc2ccccc2)(C(F)(F)F)N1CCO. The van der Waals surface area contributed by atoms with Crippen LogP contribution in [0.3, 0.4) is 0 Å². The van der Waals surface area contributed by atoms with Crippen molar-refractivity contribution in [3.05, 3.63) is 65.9 Å². The minimum atomic E-state index is -4.81. The van der Waals surface area contributed by atoms with Gasteiger partial charge < -0.3 is 19.7 Å². The van der Waals surface area contributed by atoms with Gasteiger partial charge in [-0.3, -0.25) is 4.79 Å². The molecule has 1 unspecified atom stereocenters. The van der Waals surface area contributed by atoms with E-state index in [-0.39, 0.29) is 16.8 Å². The van der Waals surface area contributed by atoms with Gasteiger partial charge in [-0.2, -0.15) is 13.2 Å². The molecule has 28 heavy (non-hydrogen) atoms. The maximum Gasteiger partial charge on any atom is 0.430 e. The molecule has 2 N–H and O–H groups in total. The predicted molar refractivity (Wildman–Crippen MR) is 96.9 cm³/mol. The number of aliphatic hydroxyl groups excluding tert-OH is 1. The monoisotopic (exact) mass is 390 g/mol. The van der Waals surface area contributed by atoms with E-state index in [1.54, 1.807) is 30.3 Å². The summed E-state index contributed by atoms with van der Waals surface area (Å²) >= 11 is 0. The lowest BCUT2D eigenvalue weighted by atomic mass is 9.85. The number of carbonyl (C=O) groups excluding carboxylic acids is 1. The van der Waals surface area contributed by atoms with Crippen LogP contribution in [0.1, 0.15) is 15.9 Å². The van der Waals surface area contributed by atoms with E-state index >= 15 is 0 Å². The number of nitrogens with one attached hydrogen (secondary N) is 1. The molecule has 0 saturated carbocycles. The lowest BCUT2D eigenvalue weighted by Gasteiger charge is -2.48. The number of hydrogen-bond acceptors (Lipinski definition) is 4. The molecule has 3 aromatic rings. The molecule has 1 atom stereocenters. The first-order chi connectivity index (χ1) is 13.4. The number of furan rings is 1. The summed E-state index contributed by atoms with van der Waals surface area (Å²) < 4.78 is 48.8. The summed E-state index contributed by atoms with van der Waals surface area (Å²) in [6.07, 6.45) is -3.93. The maximum atomic E-state index is 14.5. The third-order valence-electron chi connectivity index (χ3n) is 5.03. The molecule has 0 bridgehead atoms. The second-order valence-corrected chi connectivity index (χ2v) is 6.63. The smallest absolute Gasteiger partial charge is 0.430 e. The molecule has 1 aromatic heterocycles. The van der Waals surface area contributed by atoms with Gasteiger partial charge in [0.2, 0.25) is 5.66 Å². The van der Waals surface area contributed by atoms with Crippen molar-refractivity contribution >= 4 is 22.6 Å². The molecule has 0 spiro atoms. The molecular formula is C20H17F3N2O3. The summed E-state index contributed by atoms with van der Waals surface area (Å²) in [4.78, 5) is 13.7. The van der Waals surface area contributed by atoms with Gasteiger partial charge in [0.1, 0.15) is 5.58 Å². The van der Waals surface area contributed by atoms with Gasteiger partial charge in [-0.05, 0) is 35.9 Å². The number of para-hydroxylation sites is 1. The van der Waals surface area contributed by atoms with E-state index in [2.05, 4.69) is 5.32 Å². The third-order valence-corrected chi connectivity index (χ3v) is 5.03. The molecule has 5 nitrogen and oxygen atoms in total. The number of benzene rings is 2. The predicted octanol–water partition coefficient (Wildman–Crippen LogP) is 3.79. The van der Waals surface area contributed by atoms with Crippen molar-refractivity contribution in [1.82, 2.24) is 4.90 Å². The molecule has 1 aliphatic rings. The van der Waals surface area contributed by atoms with E-state index < -0.39 is 37.3 Å². The van der Waals surface area contributed by atoms with Crippen LogP contribution in [-0.4, -0.2) is 40.9 Å². The van der Waals surface area contributed by atoms with E-state index in [9.17, 15) is 23.1 Å². The average Bonchev–Trinajstić information content (AvgIpc) is 3.14. The highest BCUT2D eigenvalue weighted by molar-refractivity contribution is 6.02. The number of β-amino-alcohol motifs (C(OH)–C–C–N with tert-alkyl or cyclic N) is 1. The molecule has 0 radical (unpaired) electrons. The number of halogens is 3. The maximum absolute atomic E-state index is 14.5. The number of rotatable bonds is 4. The Bertz CT molecular complexity index is 1020. The van der Waals surface area contributed by atoms with Crippen LogP contribution in [0.15, 0.2) is 59.2 Å². The highest BCUT2D eigenvalue weighted by atomic mass is 19.4. The Kier molecular flexibility index (Phi) is 4.30. The van der Waals surface area contributed by atoms with E-state index in [4.69, 9.17) is 4.42 Å². The van der Waals surface area contributed by atoms with Crippen molar-refractivity contribution in [1.29, 1.82) is 0 Å². The van der Waals surface area contributed by atoms with Crippen LogP contribution in [0.2, 0.25) is 0 Å². The Hall–Kier alpha value is -3.00. The van der Waals surface area contributed by atoms with Crippen molar-refractivity contribution in [3.63, 3.8) is 0 Å². The number of carbonyl (C=O) groups is 1. The molecule has 0 aliphatic carbocycles. The fraction of sp³-hybridized carbons (Fsp3) is 0.250. The topological polar surface area (TPSA) is 65.7 Å². The molecule has 8 heteroatoms. The molecule has 4 rings (SSSR count). The Morgan fingerprint density at radius 2 is 1.89 bits per heavy atom. The Balaban J connectivity index is 1.94. The first-order valence-corrected chi connectivity index (χ1v) is 8.69. The van der Waals surface area contributed by atoms with E-state index in [0.717, 1.165) is 0 Å². The minimum absolute atomic E-state index is 0.178. The van der Waals surface area contributed by atoms with Crippen LogP contribution in [0.5, 0.6) is 0 Å². The zero-order valence-corrected chi connectivity index (χ0v) is 14.7. The van der Waals surface area contributed by atoms with Crippen molar-refractivity contribution < 1.29 is 27.5 Å². The number of alkyl halides is 3. The molecular weight excluding hydrogens is 373 g/mol. The lowest BCUT2D eigenvalue weighted by Crippen LogP contribution is -2.69. The number of aliphatic hydroxyl groups is 1. The van der Waals surface area contributed by atoms with Gasteiger partial charge in [0.25, 0.3) is 5.91 Å². The van der Waals surface area contributed by atoms with Gasteiger partial charge in [0.05, 0.1) is 12.9 Å². The van der Waals surface area contributed by atoms with E-state index in [1.807, 2.05) is 0 Å². The number of amides is 1. The summed E-state index contributed by atoms with van der Waals surface area (Å²) in [6.45, 7) is -1.05. The highest BCUT2D eigenvalue weighted by Gasteiger charge is 2.62. The van der Waals surface area contributed by atoms with Gasteiger partial charge in [0.15, 0.2) is 0 Å². The standard InChI is InChI=1S/C20H17F3N2O3/c21-20(22,23)19(24-13-4-2-1-3-5-13)12-16-14-8-11-28-17(14)7-6-15(16)18(27)25(19)9-10-26/h1-8,11,24,26H,9-10,12H2. The summed E-state index contributed by atoms with van der Waals surface area (Å²) in [7, 11) is 0. The first-order valence-electron chi connectivity index (χ1n) is 8.69. The lowest BCUT2D eigenvalue weighted by molar-refractivity contribution is -0.215. The molecule has 1 aliphatic heterocycles. The second kappa shape index (κ2) is 6.56. The van der Waals surface area contributed by atoms with Crippen molar-refractivity contribution in [2.45, 2.75) is 18.3 Å². The fourth-order valence-corrected chi connectivity index (χ4v) is 3.75. The van der Waals surface area contributed by atoms with Crippen molar-refractivity contribution in [2.75, 3.05) is 18.5 Å². The van der Waals surface area contributed by atoms with E-state index in [1.165, 1.54) is 24.5 Å². The number of anilines is 1. The van der Waals surface area contributed by atoms with Gasteiger partial charge >= 0.3 is 6.18 Å². The molecule has 2 aromatic carbocycles. The van der Waals surface area contributed by atoms with E-state index in [0.29, 0.717) is 15.9 Å². The first kappa shape index (κ1) is 18.4. The van der Waals surface area contributed by atoms with Crippen LogP contribution in [0, 0.1) is 0 Å². The van der Waals surface area contributed by atoms with Gasteiger partial charge in [0, 0.05) is 29.6 Å². The summed E-state index contributed by atoms with van der Waals surface area (Å²) in [5.41, 5.74) is -1.62. The number of fused-ring (bicyclic) bond motifs is 3. The Morgan fingerprint density at radius 3 is 2.57 bits per heavy atom. The average molecular weight is 390 g/mol. The van der Waals surface area contributed by atoms with Crippen molar-refractivity contribution in [2.24, 2.45) is 0 Å². The van der Waals surface area contributed by atoms with Crippen LogP contribution in [0.25, 0.3) is 11.0 Å².